The van der Waals surface area contributed by atoms with Crippen molar-refractivity contribution in [1.82, 2.24) is 9.97 Å². The van der Waals surface area contributed by atoms with Crippen LogP contribution in [0.1, 0.15) is 29.3 Å². The SMILES string of the molecule is C=C(OCC)c1ccc2c(-c3ccc4c5c(ccnc35)CCO4)c(CCO)c(C)cc2n1. The Morgan fingerprint density at radius 3 is 2.91 bits per heavy atom. The number of pyridine rings is 2. The molecule has 5 nitrogen and oxygen atoms in total. The molecule has 5 heteroatoms. The molecular formula is C27H26N2O3. The smallest absolute Gasteiger partial charge is 0.137 e. The van der Waals surface area contributed by atoms with Gasteiger partial charge in [-0.15, -0.1) is 0 Å². The van der Waals surface area contributed by atoms with Gasteiger partial charge in [0.15, 0.2) is 0 Å². The average Bonchev–Trinajstić information content (AvgIpc) is 2.80. The Kier molecular flexibility index (Phi) is 5.27. The van der Waals surface area contributed by atoms with E-state index in [0.29, 0.717) is 25.4 Å². The van der Waals surface area contributed by atoms with Gasteiger partial charge >= 0.3 is 0 Å². The number of aliphatic hydroxyl groups is 1. The van der Waals surface area contributed by atoms with Crippen molar-refractivity contribution in [3.05, 3.63) is 71.6 Å². The topological polar surface area (TPSA) is 64.5 Å². The summed E-state index contributed by atoms with van der Waals surface area (Å²) >= 11 is 0. The van der Waals surface area contributed by atoms with Crippen molar-refractivity contribution in [1.29, 1.82) is 0 Å². The van der Waals surface area contributed by atoms with Crippen LogP contribution in [-0.2, 0) is 17.6 Å². The van der Waals surface area contributed by atoms with Crippen LogP contribution in [0.25, 0.3) is 38.7 Å². The number of hydrogen-bond donors (Lipinski definition) is 1. The van der Waals surface area contributed by atoms with Crippen LogP contribution in [0.5, 0.6) is 5.75 Å². The maximum atomic E-state index is 9.83. The minimum absolute atomic E-state index is 0.0732. The lowest BCUT2D eigenvalue weighted by atomic mass is 9.88. The quantitative estimate of drug-likeness (QED) is 0.428. The molecular weight excluding hydrogens is 400 g/mol. The summed E-state index contributed by atoms with van der Waals surface area (Å²) < 4.78 is 11.5. The van der Waals surface area contributed by atoms with E-state index >= 15 is 0 Å². The van der Waals surface area contributed by atoms with E-state index < -0.39 is 0 Å². The van der Waals surface area contributed by atoms with Crippen molar-refractivity contribution in [2.45, 2.75) is 26.7 Å². The minimum atomic E-state index is 0.0732. The third-order valence-corrected chi connectivity index (χ3v) is 6.13. The summed E-state index contributed by atoms with van der Waals surface area (Å²) in [6.07, 6.45) is 3.31. The van der Waals surface area contributed by atoms with Gasteiger partial charge < -0.3 is 14.6 Å². The van der Waals surface area contributed by atoms with E-state index in [2.05, 4.69) is 37.8 Å². The highest BCUT2D eigenvalue weighted by Gasteiger charge is 2.21. The second-order valence-electron chi connectivity index (χ2n) is 8.04. The number of nitrogens with zero attached hydrogens (tertiary/aromatic N) is 2. The van der Waals surface area contributed by atoms with E-state index in [0.717, 1.165) is 61.9 Å². The van der Waals surface area contributed by atoms with Gasteiger partial charge in [0.2, 0.25) is 0 Å². The number of aryl methyl sites for hydroxylation is 1. The third-order valence-electron chi connectivity index (χ3n) is 6.13. The van der Waals surface area contributed by atoms with Gasteiger partial charge in [0.05, 0.1) is 24.2 Å². The molecule has 0 unspecified atom stereocenters. The fourth-order valence-electron chi connectivity index (χ4n) is 4.70. The first-order valence-corrected chi connectivity index (χ1v) is 11.0. The maximum absolute atomic E-state index is 9.83. The molecule has 0 aliphatic carbocycles. The van der Waals surface area contributed by atoms with Gasteiger partial charge in [0.25, 0.3) is 0 Å². The number of fused-ring (bicyclic) bond motifs is 1. The summed E-state index contributed by atoms with van der Waals surface area (Å²) in [5.74, 6) is 1.45. The summed E-state index contributed by atoms with van der Waals surface area (Å²) in [4.78, 5) is 9.62. The van der Waals surface area contributed by atoms with Gasteiger partial charge in [-0.1, -0.05) is 6.58 Å². The molecule has 0 atom stereocenters. The van der Waals surface area contributed by atoms with Crippen molar-refractivity contribution in [2.24, 2.45) is 0 Å². The normalized spacial score (nSPS) is 12.7. The highest BCUT2D eigenvalue weighted by molar-refractivity contribution is 6.07. The Hall–Kier alpha value is -3.44. The standard InChI is InChI=1S/C27H26N2O3/c1-4-31-17(3)22-7-5-20-23(29-22)15-16(2)19(10-13-30)26(20)21-6-8-24-25-18(11-14-32-24)9-12-28-27(21)25/h5-9,12,15,30H,3-4,10-11,13-14H2,1-2H3. The highest BCUT2D eigenvalue weighted by Crippen LogP contribution is 2.42. The monoisotopic (exact) mass is 426 g/mol. The predicted octanol–water partition coefficient (Wildman–Crippen LogP) is 5.24. The van der Waals surface area contributed by atoms with Crippen LogP contribution in [0.15, 0.2) is 49.2 Å². The first-order chi connectivity index (χ1) is 15.6. The molecule has 3 heterocycles. The molecule has 0 spiro atoms. The fourth-order valence-corrected chi connectivity index (χ4v) is 4.70. The van der Waals surface area contributed by atoms with Crippen molar-refractivity contribution in [3.8, 4) is 16.9 Å². The van der Waals surface area contributed by atoms with Gasteiger partial charge in [0, 0.05) is 35.6 Å². The lowest BCUT2D eigenvalue weighted by molar-refractivity contribution is 0.298. The van der Waals surface area contributed by atoms with Crippen LogP contribution in [0, 0.1) is 6.92 Å². The Balaban J connectivity index is 1.82. The summed E-state index contributed by atoms with van der Waals surface area (Å²) in [7, 11) is 0. The second kappa shape index (κ2) is 8.24. The number of hydrogen-bond acceptors (Lipinski definition) is 5. The van der Waals surface area contributed by atoms with Crippen LogP contribution < -0.4 is 4.74 Å². The number of aliphatic hydroxyl groups excluding tert-OH is 1. The Morgan fingerprint density at radius 2 is 2.09 bits per heavy atom. The molecule has 1 aliphatic rings. The van der Waals surface area contributed by atoms with E-state index in [9.17, 15) is 5.11 Å². The Morgan fingerprint density at radius 1 is 1.22 bits per heavy atom. The highest BCUT2D eigenvalue weighted by atomic mass is 16.5. The van der Waals surface area contributed by atoms with Crippen molar-refractivity contribution in [2.75, 3.05) is 19.8 Å². The number of rotatable bonds is 6. The third kappa shape index (κ3) is 3.30. The molecule has 0 saturated heterocycles. The van der Waals surface area contributed by atoms with Crippen LogP contribution in [0.4, 0.5) is 0 Å². The zero-order valence-electron chi connectivity index (χ0n) is 18.4. The molecule has 32 heavy (non-hydrogen) atoms. The largest absolute Gasteiger partial charge is 0.493 e. The lowest BCUT2D eigenvalue weighted by Crippen LogP contribution is -2.09. The molecule has 0 bridgehead atoms. The van der Waals surface area contributed by atoms with E-state index in [1.807, 2.05) is 25.3 Å². The Bertz CT molecular complexity index is 1350. The minimum Gasteiger partial charge on any atom is -0.493 e. The van der Waals surface area contributed by atoms with Crippen LogP contribution in [0.2, 0.25) is 0 Å². The van der Waals surface area contributed by atoms with Gasteiger partial charge in [-0.3, -0.25) is 4.98 Å². The molecule has 1 aliphatic heterocycles. The second-order valence-corrected chi connectivity index (χ2v) is 8.04. The average molecular weight is 427 g/mol. The van der Waals surface area contributed by atoms with E-state index in [-0.39, 0.29) is 6.61 Å². The number of ether oxygens (including phenoxy) is 2. The zero-order valence-corrected chi connectivity index (χ0v) is 18.4. The molecule has 0 fully saturated rings. The van der Waals surface area contributed by atoms with Crippen LogP contribution in [0.3, 0.4) is 0 Å². The molecule has 4 aromatic rings. The summed E-state index contributed by atoms with van der Waals surface area (Å²) in [6.45, 7) is 9.32. The number of aromatic nitrogens is 2. The van der Waals surface area contributed by atoms with E-state index in [1.165, 1.54) is 5.56 Å². The first-order valence-electron chi connectivity index (χ1n) is 11.0. The lowest BCUT2D eigenvalue weighted by Gasteiger charge is -2.22. The van der Waals surface area contributed by atoms with Gasteiger partial charge in [-0.05, 0) is 78.9 Å². The summed E-state index contributed by atoms with van der Waals surface area (Å²) in [5.41, 5.74) is 8.07. The molecule has 0 amide bonds. The summed E-state index contributed by atoms with van der Waals surface area (Å²) in [6, 6.07) is 12.3. The van der Waals surface area contributed by atoms with E-state index in [1.54, 1.807) is 0 Å². The van der Waals surface area contributed by atoms with E-state index in [4.69, 9.17) is 19.4 Å². The maximum Gasteiger partial charge on any atom is 0.137 e. The Labute approximate surface area is 187 Å². The van der Waals surface area contributed by atoms with Crippen molar-refractivity contribution < 1.29 is 14.6 Å². The first kappa shape index (κ1) is 20.5. The van der Waals surface area contributed by atoms with Crippen molar-refractivity contribution >= 4 is 27.6 Å². The molecule has 0 radical (unpaired) electrons. The number of benzene rings is 2. The van der Waals surface area contributed by atoms with Crippen LogP contribution >= 0.6 is 0 Å². The molecule has 1 N–H and O–H groups in total. The predicted molar refractivity (Wildman–Crippen MR) is 128 cm³/mol. The zero-order chi connectivity index (χ0) is 22.2. The van der Waals surface area contributed by atoms with Gasteiger partial charge in [-0.25, -0.2) is 4.98 Å². The van der Waals surface area contributed by atoms with Crippen molar-refractivity contribution in [3.63, 3.8) is 0 Å². The molecule has 2 aromatic heterocycles. The van der Waals surface area contributed by atoms with Crippen LogP contribution in [-0.4, -0.2) is 34.9 Å². The molecule has 2 aromatic carbocycles. The van der Waals surface area contributed by atoms with Gasteiger partial charge in [0.1, 0.15) is 17.2 Å². The molecule has 5 rings (SSSR count). The molecule has 162 valence electrons. The van der Waals surface area contributed by atoms with Gasteiger partial charge in [-0.2, -0.15) is 0 Å². The molecule has 0 saturated carbocycles. The summed E-state index contributed by atoms with van der Waals surface area (Å²) in [5, 5.41) is 11.9. The fraction of sp³-hybridized carbons (Fsp3) is 0.259.